The van der Waals surface area contributed by atoms with Crippen LogP contribution in [0.3, 0.4) is 0 Å². The Kier molecular flexibility index (Phi) is 10.6. The van der Waals surface area contributed by atoms with Gasteiger partial charge in [-0.3, -0.25) is 0 Å². The van der Waals surface area contributed by atoms with Gasteiger partial charge in [0.25, 0.3) is 0 Å². The maximum absolute atomic E-state index is 14.1. The molecule has 0 bridgehead atoms. The molecule has 0 aliphatic carbocycles. The van der Waals surface area contributed by atoms with Gasteiger partial charge in [-0.1, -0.05) is 29.7 Å². The largest absolute Gasteiger partial charge is 0.493 e. The predicted molar refractivity (Wildman–Crippen MR) is 175 cm³/mol. The SMILES string of the molecule is C#CC(/C=C(Cl)\C(=C/C)NC(=O)Nc1cc(C)ccc1F)Oc1ncnc2cc(OCCCN3CCC4(COC4)C3)c(OC)cc12. The Balaban J connectivity index is 1.22. The predicted octanol–water partition coefficient (Wildman–Crippen LogP) is 5.81. The Bertz CT molecular complexity index is 1690. The summed E-state index contributed by atoms with van der Waals surface area (Å²) in [7, 11) is 1.56. The molecule has 3 heterocycles. The first-order valence-electron chi connectivity index (χ1n) is 15.0. The van der Waals surface area contributed by atoms with Gasteiger partial charge < -0.3 is 34.5 Å². The number of methoxy groups -OCH3 is 1. The number of hydrogen-bond acceptors (Lipinski definition) is 8. The molecule has 1 spiro atoms. The molecule has 2 fully saturated rings. The molecule has 242 valence electrons. The van der Waals surface area contributed by atoms with Gasteiger partial charge in [-0.25, -0.2) is 19.2 Å². The van der Waals surface area contributed by atoms with Crippen molar-refractivity contribution in [2.45, 2.75) is 32.8 Å². The Morgan fingerprint density at radius 2 is 2.11 bits per heavy atom. The smallest absolute Gasteiger partial charge is 0.323 e. The monoisotopic (exact) mass is 649 g/mol. The van der Waals surface area contributed by atoms with Crippen molar-refractivity contribution < 1.29 is 28.1 Å². The number of rotatable bonds is 12. The van der Waals surface area contributed by atoms with Gasteiger partial charge in [0.2, 0.25) is 5.88 Å². The molecule has 12 heteroatoms. The van der Waals surface area contributed by atoms with E-state index in [4.69, 9.17) is 37.0 Å². The number of amides is 2. The average Bonchev–Trinajstić information content (AvgIpc) is 3.48. The zero-order valence-electron chi connectivity index (χ0n) is 26.1. The van der Waals surface area contributed by atoms with Crippen molar-refractivity contribution in [1.29, 1.82) is 0 Å². The molecule has 5 rings (SSSR count). The number of aryl methyl sites for hydroxylation is 1. The van der Waals surface area contributed by atoms with E-state index in [9.17, 15) is 9.18 Å². The van der Waals surface area contributed by atoms with E-state index in [1.54, 1.807) is 45.2 Å². The third-order valence-corrected chi connectivity index (χ3v) is 8.29. The fourth-order valence-electron chi connectivity index (χ4n) is 5.46. The van der Waals surface area contributed by atoms with Crippen molar-refractivity contribution in [2.24, 2.45) is 5.41 Å². The Hall–Kier alpha value is -4.37. The molecule has 0 saturated carbocycles. The van der Waals surface area contributed by atoms with Crippen LogP contribution in [0.4, 0.5) is 14.9 Å². The number of terminal acetylenes is 1. The number of likely N-dealkylation sites (tertiary alicyclic amines) is 1. The Morgan fingerprint density at radius 1 is 1.28 bits per heavy atom. The molecule has 2 N–H and O–H groups in total. The van der Waals surface area contributed by atoms with Crippen LogP contribution in [0, 0.1) is 30.5 Å². The molecule has 1 unspecified atom stereocenters. The molecule has 2 aromatic carbocycles. The number of urea groups is 1. The maximum atomic E-state index is 14.1. The number of nitrogens with zero attached hydrogens (tertiary/aromatic N) is 3. The minimum Gasteiger partial charge on any atom is -0.493 e. The zero-order chi connectivity index (χ0) is 32.7. The number of benzene rings is 2. The minimum atomic E-state index is -0.960. The molecule has 10 nitrogen and oxygen atoms in total. The van der Waals surface area contributed by atoms with Crippen LogP contribution >= 0.6 is 11.6 Å². The van der Waals surface area contributed by atoms with Crippen LogP contribution in [0.5, 0.6) is 17.4 Å². The zero-order valence-corrected chi connectivity index (χ0v) is 26.8. The number of allylic oxidation sites excluding steroid dienone is 2. The Labute approximate surface area is 272 Å². The molecular formula is C34H37ClFN5O5. The average molecular weight is 650 g/mol. The second-order valence-corrected chi connectivity index (χ2v) is 11.8. The van der Waals surface area contributed by atoms with Crippen molar-refractivity contribution >= 4 is 34.2 Å². The summed E-state index contributed by atoms with van der Waals surface area (Å²) in [5, 5.41) is 5.76. The maximum Gasteiger partial charge on any atom is 0.323 e. The van der Waals surface area contributed by atoms with E-state index in [1.807, 2.05) is 0 Å². The summed E-state index contributed by atoms with van der Waals surface area (Å²) in [5.41, 5.74) is 2.02. The highest BCUT2D eigenvalue weighted by molar-refractivity contribution is 6.32. The van der Waals surface area contributed by atoms with Gasteiger partial charge in [-0.05, 0) is 63.1 Å². The van der Waals surface area contributed by atoms with Crippen LogP contribution in [0.25, 0.3) is 10.9 Å². The molecule has 46 heavy (non-hydrogen) atoms. The third-order valence-electron chi connectivity index (χ3n) is 7.96. The third kappa shape index (κ3) is 7.88. The van der Waals surface area contributed by atoms with E-state index >= 15 is 0 Å². The first-order valence-corrected chi connectivity index (χ1v) is 15.4. The molecule has 2 saturated heterocycles. The number of halogens is 2. The summed E-state index contributed by atoms with van der Waals surface area (Å²) < 4.78 is 37.3. The molecule has 3 aromatic rings. The van der Waals surface area contributed by atoms with Crippen LogP contribution in [-0.4, -0.2) is 73.6 Å². The van der Waals surface area contributed by atoms with E-state index in [1.165, 1.54) is 31.0 Å². The minimum absolute atomic E-state index is 0.0391. The normalized spacial score (nSPS) is 16.9. The van der Waals surface area contributed by atoms with Gasteiger partial charge in [-0.2, -0.15) is 0 Å². The summed E-state index contributed by atoms with van der Waals surface area (Å²) in [6.45, 7) is 8.89. The number of nitrogens with one attached hydrogen (secondary N) is 2. The fraction of sp³-hybridized carbons (Fsp3) is 0.382. The molecular weight excluding hydrogens is 613 g/mol. The van der Waals surface area contributed by atoms with Crippen LogP contribution < -0.4 is 24.8 Å². The summed E-state index contributed by atoms with van der Waals surface area (Å²) in [5.74, 6) is 3.24. The van der Waals surface area contributed by atoms with Gasteiger partial charge in [0.05, 0.1) is 54.3 Å². The molecule has 0 radical (unpaired) electrons. The van der Waals surface area contributed by atoms with Crippen molar-refractivity contribution in [1.82, 2.24) is 20.2 Å². The quantitative estimate of drug-likeness (QED) is 0.144. The van der Waals surface area contributed by atoms with Crippen LogP contribution in [-0.2, 0) is 4.74 Å². The number of anilines is 1. The number of hydrogen-bond donors (Lipinski definition) is 2. The van der Waals surface area contributed by atoms with Crippen LogP contribution in [0.15, 0.2) is 59.5 Å². The van der Waals surface area contributed by atoms with Crippen molar-refractivity contribution in [3.63, 3.8) is 0 Å². The van der Waals surface area contributed by atoms with Crippen LogP contribution in [0.1, 0.15) is 25.3 Å². The highest BCUT2D eigenvalue weighted by atomic mass is 35.5. The summed E-state index contributed by atoms with van der Waals surface area (Å²) in [6, 6.07) is 7.26. The van der Waals surface area contributed by atoms with Crippen molar-refractivity contribution in [2.75, 3.05) is 51.9 Å². The highest BCUT2D eigenvalue weighted by Gasteiger charge is 2.43. The topological polar surface area (TPSA) is 107 Å². The van der Waals surface area contributed by atoms with Gasteiger partial charge >= 0.3 is 6.03 Å². The number of fused-ring (bicyclic) bond motifs is 1. The summed E-state index contributed by atoms with van der Waals surface area (Å²) in [6.07, 6.45) is 11.3. The fourth-order valence-corrected chi connectivity index (χ4v) is 5.73. The number of carbonyl (C=O) groups excluding carboxylic acids is 1. The first-order chi connectivity index (χ1) is 22.2. The van der Waals surface area contributed by atoms with Gasteiger partial charge in [0.1, 0.15) is 12.1 Å². The lowest BCUT2D eigenvalue weighted by Gasteiger charge is -2.37. The second-order valence-electron chi connectivity index (χ2n) is 11.4. The molecule has 1 aromatic heterocycles. The lowest BCUT2D eigenvalue weighted by molar-refractivity contribution is -0.105. The van der Waals surface area contributed by atoms with Crippen molar-refractivity contribution in [3.05, 3.63) is 70.9 Å². The van der Waals surface area contributed by atoms with Gasteiger partial charge in [0.15, 0.2) is 17.6 Å². The van der Waals surface area contributed by atoms with Crippen molar-refractivity contribution in [3.8, 4) is 29.7 Å². The number of aromatic nitrogens is 2. The van der Waals surface area contributed by atoms with E-state index in [0.717, 1.165) is 44.8 Å². The van der Waals surface area contributed by atoms with E-state index in [0.29, 0.717) is 34.4 Å². The van der Waals surface area contributed by atoms with E-state index in [-0.39, 0.29) is 22.3 Å². The molecule has 2 aliphatic rings. The highest BCUT2D eigenvalue weighted by Crippen LogP contribution is 2.38. The molecule has 2 amide bonds. The Morgan fingerprint density at radius 3 is 2.80 bits per heavy atom. The number of carbonyl (C=O) groups is 1. The summed E-state index contributed by atoms with van der Waals surface area (Å²) in [4.78, 5) is 23.7. The standard InChI is InChI=1S/C34H37ClFN5O5/c1-5-23(15-25(35)27(6-2)39-33(42)40-29-14-22(3)8-9-26(29)36)46-32-24-16-30(43-4)31(17-28(24)37-21-38-32)45-13-7-11-41-12-10-34(18-41)19-44-20-34/h1,6,8-9,14-17,21,23H,7,10-13,18-20H2,2-4H3,(H2,39,40,42)/b25-15+,27-6+. The van der Waals surface area contributed by atoms with E-state index < -0.39 is 18.0 Å². The molecule has 1 atom stereocenters. The lowest BCUT2D eigenvalue weighted by atomic mass is 9.85. The first kappa shape index (κ1) is 33.0. The number of ether oxygens (including phenoxy) is 4. The van der Waals surface area contributed by atoms with Crippen LogP contribution in [0.2, 0.25) is 0 Å². The second kappa shape index (κ2) is 14.8. The molecule has 2 aliphatic heterocycles. The lowest BCUT2D eigenvalue weighted by Crippen LogP contribution is -2.44. The van der Waals surface area contributed by atoms with E-state index in [2.05, 4.69) is 31.4 Å². The van der Waals surface area contributed by atoms with Gasteiger partial charge in [0, 0.05) is 24.6 Å². The summed E-state index contributed by atoms with van der Waals surface area (Å²) >= 11 is 6.53. The van der Waals surface area contributed by atoms with Gasteiger partial charge in [-0.15, -0.1) is 6.42 Å².